The molecule has 1 atom stereocenters. The van der Waals surface area contributed by atoms with Crippen LogP contribution in [0.25, 0.3) is 0 Å². The van der Waals surface area contributed by atoms with Crippen molar-refractivity contribution >= 4 is 0 Å². The highest BCUT2D eigenvalue weighted by atomic mass is 16.5. The normalized spacial score (nSPS) is 12.1. The highest BCUT2D eigenvalue weighted by Crippen LogP contribution is 2.21. The van der Waals surface area contributed by atoms with Crippen molar-refractivity contribution < 1.29 is 4.74 Å². The third-order valence-electron chi connectivity index (χ3n) is 3.14. The van der Waals surface area contributed by atoms with Gasteiger partial charge in [0.2, 0.25) is 0 Å². The summed E-state index contributed by atoms with van der Waals surface area (Å²) in [6.45, 7) is 6.78. The summed E-state index contributed by atoms with van der Waals surface area (Å²) in [5, 5.41) is 0. The molecule has 2 aromatic rings. The Labute approximate surface area is 109 Å². The first-order valence-electron chi connectivity index (χ1n) is 6.39. The Kier molecular flexibility index (Phi) is 4.40. The SMILES string of the molecule is [CH2]c1ccc(OCC(CC)c2ccccc2)cc1. The Balaban J connectivity index is 1.97. The summed E-state index contributed by atoms with van der Waals surface area (Å²) < 4.78 is 5.84. The molecule has 2 rings (SSSR count). The fourth-order valence-corrected chi connectivity index (χ4v) is 1.96. The van der Waals surface area contributed by atoms with Gasteiger partial charge in [0.05, 0.1) is 6.61 Å². The molecule has 0 heterocycles. The molecule has 0 spiro atoms. The Morgan fingerprint density at radius 2 is 1.67 bits per heavy atom. The molecule has 1 radical (unpaired) electrons. The van der Waals surface area contributed by atoms with Crippen LogP contribution in [0.5, 0.6) is 5.75 Å². The van der Waals surface area contributed by atoms with Gasteiger partial charge in [-0.15, -0.1) is 0 Å². The monoisotopic (exact) mass is 239 g/mol. The summed E-state index contributed by atoms with van der Waals surface area (Å²) in [5.74, 6) is 1.36. The van der Waals surface area contributed by atoms with E-state index >= 15 is 0 Å². The van der Waals surface area contributed by atoms with Gasteiger partial charge in [-0.1, -0.05) is 49.4 Å². The largest absolute Gasteiger partial charge is 0.493 e. The molecule has 1 unspecified atom stereocenters. The maximum atomic E-state index is 5.84. The van der Waals surface area contributed by atoms with E-state index < -0.39 is 0 Å². The van der Waals surface area contributed by atoms with Gasteiger partial charge < -0.3 is 4.74 Å². The van der Waals surface area contributed by atoms with Gasteiger partial charge in [-0.3, -0.25) is 0 Å². The van der Waals surface area contributed by atoms with Gasteiger partial charge in [0.1, 0.15) is 5.75 Å². The van der Waals surface area contributed by atoms with Gasteiger partial charge in [-0.05, 0) is 36.6 Å². The molecular weight excluding hydrogens is 220 g/mol. The van der Waals surface area contributed by atoms with Crippen LogP contribution < -0.4 is 4.74 Å². The number of hydrogen-bond donors (Lipinski definition) is 0. The van der Waals surface area contributed by atoms with Crippen LogP contribution in [-0.4, -0.2) is 6.61 Å². The van der Waals surface area contributed by atoms with Crippen molar-refractivity contribution in [2.75, 3.05) is 6.61 Å². The van der Waals surface area contributed by atoms with Gasteiger partial charge >= 0.3 is 0 Å². The molecule has 0 bridgehead atoms. The summed E-state index contributed by atoms with van der Waals surface area (Å²) in [7, 11) is 0. The molecule has 0 saturated carbocycles. The molecule has 93 valence electrons. The van der Waals surface area contributed by atoms with E-state index in [0.717, 1.165) is 24.3 Å². The standard InChI is InChI=1S/C17H19O/c1-3-15(16-7-5-4-6-8-16)13-18-17-11-9-14(2)10-12-17/h4-12,15H,2-3,13H2,1H3. The van der Waals surface area contributed by atoms with E-state index in [-0.39, 0.29) is 0 Å². The summed E-state index contributed by atoms with van der Waals surface area (Å²) in [5.41, 5.74) is 2.35. The maximum Gasteiger partial charge on any atom is 0.119 e. The van der Waals surface area contributed by atoms with Crippen LogP contribution in [0.15, 0.2) is 54.6 Å². The van der Waals surface area contributed by atoms with Gasteiger partial charge in [0, 0.05) is 5.92 Å². The van der Waals surface area contributed by atoms with Crippen molar-refractivity contribution in [2.24, 2.45) is 0 Å². The van der Waals surface area contributed by atoms with Crippen LogP contribution in [-0.2, 0) is 0 Å². The Bertz CT molecular complexity index is 459. The molecule has 1 heteroatoms. The minimum Gasteiger partial charge on any atom is -0.493 e. The summed E-state index contributed by atoms with van der Waals surface area (Å²) in [6, 6.07) is 18.4. The Morgan fingerprint density at radius 3 is 2.28 bits per heavy atom. The Morgan fingerprint density at radius 1 is 1.00 bits per heavy atom. The lowest BCUT2D eigenvalue weighted by Crippen LogP contribution is -2.09. The number of rotatable bonds is 5. The average Bonchev–Trinajstić information content (AvgIpc) is 2.43. The maximum absolute atomic E-state index is 5.84. The molecular formula is C17H19O. The first-order chi connectivity index (χ1) is 8.79. The van der Waals surface area contributed by atoms with E-state index in [2.05, 4.69) is 38.1 Å². The number of benzene rings is 2. The number of hydrogen-bond acceptors (Lipinski definition) is 1. The highest BCUT2D eigenvalue weighted by molar-refractivity contribution is 5.29. The fourth-order valence-electron chi connectivity index (χ4n) is 1.96. The van der Waals surface area contributed by atoms with Crippen LogP contribution in [0, 0.1) is 6.92 Å². The zero-order valence-electron chi connectivity index (χ0n) is 10.8. The van der Waals surface area contributed by atoms with Gasteiger partial charge in [-0.2, -0.15) is 0 Å². The number of ether oxygens (including phenoxy) is 1. The summed E-state index contributed by atoms with van der Waals surface area (Å²) in [6.07, 6.45) is 1.08. The molecule has 0 amide bonds. The second kappa shape index (κ2) is 6.25. The zero-order chi connectivity index (χ0) is 12.8. The molecule has 0 N–H and O–H groups in total. The lowest BCUT2D eigenvalue weighted by molar-refractivity contribution is 0.285. The third-order valence-corrected chi connectivity index (χ3v) is 3.14. The Hall–Kier alpha value is -1.76. The third kappa shape index (κ3) is 3.36. The predicted octanol–water partition coefficient (Wildman–Crippen LogP) is 4.44. The van der Waals surface area contributed by atoms with Crippen LogP contribution in [0.2, 0.25) is 0 Å². The van der Waals surface area contributed by atoms with Gasteiger partial charge in [0.25, 0.3) is 0 Å². The molecule has 0 aliphatic heterocycles. The van der Waals surface area contributed by atoms with Crippen LogP contribution in [0.3, 0.4) is 0 Å². The van der Waals surface area contributed by atoms with Crippen LogP contribution >= 0.6 is 0 Å². The topological polar surface area (TPSA) is 9.23 Å². The molecule has 0 aliphatic rings. The zero-order valence-corrected chi connectivity index (χ0v) is 10.8. The van der Waals surface area contributed by atoms with Crippen LogP contribution in [0.4, 0.5) is 0 Å². The predicted molar refractivity (Wildman–Crippen MR) is 75.9 cm³/mol. The van der Waals surface area contributed by atoms with Gasteiger partial charge in [-0.25, -0.2) is 0 Å². The molecule has 2 aromatic carbocycles. The van der Waals surface area contributed by atoms with E-state index in [1.165, 1.54) is 5.56 Å². The quantitative estimate of drug-likeness (QED) is 0.749. The van der Waals surface area contributed by atoms with Gasteiger partial charge in [0.15, 0.2) is 0 Å². The molecule has 0 aromatic heterocycles. The summed E-state index contributed by atoms with van der Waals surface area (Å²) in [4.78, 5) is 0. The van der Waals surface area contributed by atoms with E-state index in [1.807, 2.05) is 30.3 Å². The first-order valence-corrected chi connectivity index (χ1v) is 6.39. The van der Waals surface area contributed by atoms with Crippen molar-refractivity contribution in [3.8, 4) is 5.75 Å². The molecule has 0 aliphatic carbocycles. The van der Waals surface area contributed by atoms with Crippen molar-refractivity contribution in [1.29, 1.82) is 0 Å². The summed E-state index contributed by atoms with van der Waals surface area (Å²) >= 11 is 0. The molecule has 1 nitrogen and oxygen atoms in total. The molecule has 0 saturated heterocycles. The van der Waals surface area contributed by atoms with Crippen molar-refractivity contribution in [1.82, 2.24) is 0 Å². The lowest BCUT2D eigenvalue weighted by atomic mass is 9.98. The van der Waals surface area contributed by atoms with Crippen molar-refractivity contribution in [2.45, 2.75) is 19.3 Å². The molecule has 18 heavy (non-hydrogen) atoms. The highest BCUT2D eigenvalue weighted by Gasteiger charge is 2.09. The lowest BCUT2D eigenvalue weighted by Gasteiger charge is -2.16. The fraction of sp³-hybridized carbons (Fsp3) is 0.235. The smallest absolute Gasteiger partial charge is 0.119 e. The second-order valence-corrected chi connectivity index (χ2v) is 4.47. The minimum absolute atomic E-state index is 0.450. The van der Waals surface area contributed by atoms with E-state index in [1.54, 1.807) is 0 Å². The first kappa shape index (κ1) is 12.7. The van der Waals surface area contributed by atoms with Crippen molar-refractivity contribution in [3.05, 3.63) is 72.6 Å². The molecule has 0 fully saturated rings. The van der Waals surface area contributed by atoms with Crippen LogP contribution in [0.1, 0.15) is 30.4 Å². The van der Waals surface area contributed by atoms with Crippen molar-refractivity contribution in [3.63, 3.8) is 0 Å². The average molecular weight is 239 g/mol. The second-order valence-electron chi connectivity index (χ2n) is 4.47. The van der Waals surface area contributed by atoms with E-state index in [0.29, 0.717) is 5.92 Å². The van der Waals surface area contributed by atoms with E-state index in [4.69, 9.17) is 4.74 Å². The minimum atomic E-state index is 0.450. The van der Waals surface area contributed by atoms with E-state index in [9.17, 15) is 0 Å².